The SMILES string of the molecule is c1ccc(Cc2n[nH]c(SCc3ccsc3)n2)nc1. The van der Waals surface area contributed by atoms with Crippen LogP contribution in [-0.2, 0) is 12.2 Å². The lowest BCUT2D eigenvalue weighted by atomic mass is 10.3. The zero-order valence-corrected chi connectivity index (χ0v) is 11.7. The van der Waals surface area contributed by atoms with Crippen molar-refractivity contribution in [2.45, 2.75) is 17.3 Å². The number of nitrogens with zero attached hydrogens (tertiary/aromatic N) is 3. The van der Waals surface area contributed by atoms with Crippen molar-refractivity contribution in [3.63, 3.8) is 0 Å². The van der Waals surface area contributed by atoms with E-state index in [0.717, 1.165) is 22.4 Å². The number of thiophene rings is 1. The van der Waals surface area contributed by atoms with Gasteiger partial charge in [-0.3, -0.25) is 10.1 Å². The molecule has 0 aromatic carbocycles. The molecular weight excluding hydrogens is 276 g/mol. The van der Waals surface area contributed by atoms with E-state index >= 15 is 0 Å². The molecule has 96 valence electrons. The Morgan fingerprint density at radius 3 is 3.05 bits per heavy atom. The molecule has 0 aliphatic carbocycles. The summed E-state index contributed by atoms with van der Waals surface area (Å²) in [5, 5.41) is 12.3. The van der Waals surface area contributed by atoms with E-state index in [2.05, 4.69) is 37.0 Å². The third-order valence-corrected chi connectivity index (χ3v) is 4.20. The minimum absolute atomic E-state index is 0.663. The third kappa shape index (κ3) is 3.42. The van der Waals surface area contributed by atoms with Gasteiger partial charge in [0.2, 0.25) is 0 Å². The highest BCUT2D eigenvalue weighted by Crippen LogP contribution is 2.20. The molecule has 3 aromatic rings. The van der Waals surface area contributed by atoms with Gasteiger partial charge in [-0.25, -0.2) is 4.98 Å². The molecule has 0 spiro atoms. The largest absolute Gasteiger partial charge is 0.261 e. The molecule has 1 N–H and O–H groups in total. The summed E-state index contributed by atoms with van der Waals surface area (Å²) in [4.78, 5) is 8.74. The average molecular weight is 288 g/mol. The Morgan fingerprint density at radius 2 is 2.26 bits per heavy atom. The first-order valence-corrected chi connectivity index (χ1v) is 7.78. The Hall–Kier alpha value is -1.66. The van der Waals surface area contributed by atoms with Gasteiger partial charge in [-0.05, 0) is 34.5 Å². The summed E-state index contributed by atoms with van der Waals surface area (Å²) in [6.45, 7) is 0. The molecule has 0 aliphatic heterocycles. The van der Waals surface area contributed by atoms with E-state index in [0.29, 0.717) is 6.42 Å². The van der Waals surface area contributed by atoms with Crippen LogP contribution < -0.4 is 0 Å². The third-order valence-electron chi connectivity index (χ3n) is 2.53. The summed E-state index contributed by atoms with van der Waals surface area (Å²) in [7, 11) is 0. The van der Waals surface area contributed by atoms with Crippen molar-refractivity contribution in [3.8, 4) is 0 Å². The monoisotopic (exact) mass is 288 g/mol. The number of pyridine rings is 1. The molecule has 0 saturated heterocycles. The van der Waals surface area contributed by atoms with Crippen LogP contribution in [0.4, 0.5) is 0 Å². The molecule has 0 fully saturated rings. The Bertz CT molecular complexity index is 619. The molecular formula is C13H12N4S2. The highest BCUT2D eigenvalue weighted by molar-refractivity contribution is 7.98. The van der Waals surface area contributed by atoms with Crippen molar-refractivity contribution in [3.05, 3.63) is 58.3 Å². The number of hydrogen-bond acceptors (Lipinski definition) is 5. The molecule has 0 aliphatic rings. The first-order valence-electron chi connectivity index (χ1n) is 5.85. The van der Waals surface area contributed by atoms with Gasteiger partial charge in [0, 0.05) is 17.6 Å². The van der Waals surface area contributed by atoms with Crippen LogP contribution in [0.25, 0.3) is 0 Å². The van der Waals surface area contributed by atoms with Gasteiger partial charge in [0.15, 0.2) is 11.0 Å². The molecule has 0 bridgehead atoms. The molecule has 3 rings (SSSR count). The number of rotatable bonds is 5. The number of H-pyrrole nitrogens is 1. The van der Waals surface area contributed by atoms with E-state index in [1.807, 2.05) is 18.2 Å². The first kappa shape index (κ1) is 12.4. The van der Waals surface area contributed by atoms with Crippen molar-refractivity contribution in [1.29, 1.82) is 0 Å². The molecule has 0 saturated carbocycles. The molecule has 4 nitrogen and oxygen atoms in total. The summed E-state index contributed by atoms with van der Waals surface area (Å²) < 4.78 is 0. The summed E-state index contributed by atoms with van der Waals surface area (Å²) >= 11 is 3.38. The maximum atomic E-state index is 4.46. The second-order valence-electron chi connectivity index (χ2n) is 3.97. The highest BCUT2D eigenvalue weighted by Gasteiger charge is 2.06. The summed E-state index contributed by atoms with van der Waals surface area (Å²) in [5.41, 5.74) is 2.30. The predicted molar refractivity (Wildman–Crippen MR) is 77.3 cm³/mol. The molecule has 3 heterocycles. The predicted octanol–water partition coefficient (Wildman–Crippen LogP) is 3.14. The van der Waals surface area contributed by atoms with E-state index in [-0.39, 0.29) is 0 Å². The Kier molecular flexibility index (Phi) is 3.90. The number of thioether (sulfide) groups is 1. The van der Waals surface area contributed by atoms with Crippen LogP contribution >= 0.6 is 23.1 Å². The number of nitrogens with one attached hydrogen (secondary N) is 1. The van der Waals surface area contributed by atoms with Gasteiger partial charge >= 0.3 is 0 Å². The molecule has 0 unspecified atom stereocenters. The van der Waals surface area contributed by atoms with E-state index in [4.69, 9.17) is 0 Å². The van der Waals surface area contributed by atoms with Crippen molar-refractivity contribution < 1.29 is 0 Å². The molecule has 0 atom stereocenters. The van der Waals surface area contributed by atoms with E-state index in [9.17, 15) is 0 Å². The van der Waals surface area contributed by atoms with E-state index in [1.165, 1.54) is 5.56 Å². The maximum absolute atomic E-state index is 4.46. The zero-order chi connectivity index (χ0) is 12.9. The summed E-state index contributed by atoms with van der Waals surface area (Å²) in [5.74, 6) is 1.70. The molecule has 0 amide bonds. The zero-order valence-electron chi connectivity index (χ0n) is 10.1. The van der Waals surface area contributed by atoms with Crippen LogP contribution in [0.1, 0.15) is 17.1 Å². The molecule has 19 heavy (non-hydrogen) atoms. The fraction of sp³-hybridized carbons (Fsp3) is 0.154. The number of aromatic amines is 1. The van der Waals surface area contributed by atoms with Crippen LogP contribution in [-0.4, -0.2) is 20.2 Å². The Morgan fingerprint density at radius 1 is 1.26 bits per heavy atom. The fourth-order valence-corrected chi connectivity index (χ4v) is 3.15. The first-order chi connectivity index (χ1) is 9.40. The minimum atomic E-state index is 0.663. The molecule has 0 radical (unpaired) electrons. The van der Waals surface area contributed by atoms with E-state index in [1.54, 1.807) is 29.3 Å². The summed E-state index contributed by atoms with van der Waals surface area (Å²) in [6.07, 6.45) is 2.45. The smallest absolute Gasteiger partial charge is 0.184 e. The Balaban J connectivity index is 1.60. The van der Waals surface area contributed by atoms with Crippen LogP contribution in [0.3, 0.4) is 0 Å². The summed E-state index contributed by atoms with van der Waals surface area (Å²) in [6, 6.07) is 7.99. The van der Waals surface area contributed by atoms with Gasteiger partial charge in [0.25, 0.3) is 0 Å². The number of aromatic nitrogens is 4. The van der Waals surface area contributed by atoms with Crippen LogP contribution in [0.15, 0.2) is 46.4 Å². The minimum Gasteiger partial charge on any atom is -0.261 e. The number of hydrogen-bond donors (Lipinski definition) is 1. The van der Waals surface area contributed by atoms with Gasteiger partial charge < -0.3 is 0 Å². The Labute approximate surface area is 119 Å². The van der Waals surface area contributed by atoms with Crippen LogP contribution in [0.5, 0.6) is 0 Å². The lowest BCUT2D eigenvalue weighted by molar-refractivity contribution is 0.938. The second kappa shape index (κ2) is 5.99. The normalized spacial score (nSPS) is 10.7. The highest BCUT2D eigenvalue weighted by atomic mass is 32.2. The average Bonchev–Trinajstić information content (AvgIpc) is 3.09. The second-order valence-corrected chi connectivity index (χ2v) is 5.72. The van der Waals surface area contributed by atoms with E-state index < -0.39 is 0 Å². The van der Waals surface area contributed by atoms with Gasteiger partial charge in [0.05, 0.1) is 6.42 Å². The standard InChI is InChI=1S/C13H12N4S2/c1-2-5-14-11(3-1)7-12-15-13(17-16-12)19-9-10-4-6-18-8-10/h1-6,8H,7,9H2,(H,15,16,17). The fourth-order valence-electron chi connectivity index (χ4n) is 1.61. The molecule has 6 heteroatoms. The van der Waals surface area contributed by atoms with Crippen LogP contribution in [0, 0.1) is 0 Å². The maximum Gasteiger partial charge on any atom is 0.184 e. The topological polar surface area (TPSA) is 54.5 Å². The van der Waals surface area contributed by atoms with Crippen molar-refractivity contribution in [2.24, 2.45) is 0 Å². The van der Waals surface area contributed by atoms with Crippen molar-refractivity contribution in [2.75, 3.05) is 0 Å². The quantitative estimate of drug-likeness (QED) is 0.733. The van der Waals surface area contributed by atoms with Gasteiger partial charge in [0.1, 0.15) is 0 Å². The van der Waals surface area contributed by atoms with Gasteiger partial charge in [-0.1, -0.05) is 17.8 Å². The molecule has 3 aromatic heterocycles. The van der Waals surface area contributed by atoms with Gasteiger partial charge in [-0.15, -0.1) is 0 Å². The lowest BCUT2D eigenvalue weighted by Crippen LogP contribution is -1.93. The van der Waals surface area contributed by atoms with Crippen molar-refractivity contribution in [1.82, 2.24) is 20.2 Å². The lowest BCUT2D eigenvalue weighted by Gasteiger charge is -1.94. The van der Waals surface area contributed by atoms with Crippen LogP contribution in [0.2, 0.25) is 0 Å². The van der Waals surface area contributed by atoms with Gasteiger partial charge in [-0.2, -0.15) is 16.4 Å². The van der Waals surface area contributed by atoms with Crippen molar-refractivity contribution >= 4 is 23.1 Å².